The Kier molecular flexibility index (Phi) is 5.32. The normalized spacial score (nSPS) is 16.8. The van der Waals surface area contributed by atoms with E-state index in [4.69, 9.17) is 0 Å². The molecule has 144 valence electrons. The summed E-state index contributed by atoms with van der Waals surface area (Å²) in [6, 6.07) is 9.90. The summed E-state index contributed by atoms with van der Waals surface area (Å²) in [5, 5.41) is 2.68. The molecule has 1 saturated heterocycles. The van der Waals surface area contributed by atoms with Gasteiger partial charge in [0, 0.05) is 50.3 Å². The smallest absolute Gasteiger partial charge is 0.321 e. The number of piperidine rings is 1. The highest BCUT2D eigenvalue weighted by Crippen LogP contribution is 2.27. The number of nitrogens with zero attached hydrogens (tertiary/aromatic N) is 4. The number of para-hydroxylation sites is 1. The average molecular weight is 379 g/mol. The third-order valence-electron chi connectivity index (χ3n) is 5.04. The number of carbonyl (C=O) groups is 1. The van der Waals surface area contributed by atoms with Gasteiger partial charge in [0.15, 0.2) is 0 Å². The van der Waals surface area contributed by atoms with E-state index in [1.165, 1.54) is 6.07 Å². The fraction of sp³-hybridized carbons (Fsp3) is 0.286. The molecular formula is C21H22FN5O. The molecule has 2 aromatic heterocycles. The molecule has 1 aromatic carbocycles. The summed E-state index contributed by atoms with van der Waals surface area (Å²) in [5.41, 5.74) is 1.35. The van der Waals surface area contributed by atoms with Crippen molar-refractivity contribution in [3.63, 3.8) is 0 Å². The Labute approximate surface area is 163 Å². The van der Waals surface area contributed by atoms with E-state index in [0.29, 0.717) is 13.1 Å². The zero-order chi connectivity index (χ0) is 19.3. The highest BCUT2D eigenvalue weighted by Gasteiger charge is 2.27. The molecule has 1 unspecified atom stereocenters. The summed E-state index contributed by atoms with van der Waals surface area (Å²) < 4.78 is 15.9. The van der Waals surface area contributed by atoms with Crippen molar-refractivity contribution in [2.45, 2.75) is 25.3 Å². The zero-order valence-corrected chi connectivity index (χ0v) is 15.5. The molecule has 1 aliphatic rings. The third kappa shape index (κ3) is 4.03. The first-order valence-electron chi connectivity index (χ1n) is 9.41. The number of likely N-dealkylation sites (tertiary alicyclic amines) is 1. The minimum atomic E-state index is -0.433. The van der Waals surface area contributed by atoms with E-state index in [1.54, 1.807) is 41.7 Å². The monoisotopic (exact) mass is 379 g/mol. The van der Waals surface area contributed by atoms with Gasteiger partial charge >= 0.3 is 6.03 Å². The number of rotatable bonds is 4. The molecule has 7 heteroatoms. The van der Waals surface area contributed by atoms with Crippen molar-refractivity contribution in [1.29, 1.82) is 0 Å². The van der Waals surface area contributed by atoms with Gasteiger partial charge in [-0.05, 0) is 42.7 Å². The summed E-state index contributed by atoms with van der Waals surface area (Å²) in [6.45, 7) is 1.94. The molecular weight excluding hydrogens is 357 g/mol. The van der Waals surface area contributed by atoms with Gasteiger partial charge in [0.2, 0.25) is 0 Å². The number of hydrogen-bond acceptors (Lipinski definition) is 3. The maximum atomic E-state index is 13.8. The van der Waals surface area contributed by atoms with Crippen molar-refractivity contribution in [3.05, 3.63) is 78.4 Å². The van der Waals surface area contributed by atoms with E-state index in [2.05, 4.69) is 19.9 Å². The van der Waals surface area contributed by atoms with Crippen LogP contribution in [0, 0.1) is 5.82 Å². The van der Waals surface area contributed by atoms with Crippen molar-refractivity contribution in [1.82, 2.24) is 19.4 Å². The highest BCUT2D eigenvalue weighted by atomic mass is 19.1. The van der Waals surface area contributed by atoms with Gasteiger partial charge in [-0.25, -0.2) is 14.2 Å². The van der Waals surface area contributed by atoms with E-state index < -0.39 is 5.82 Å². The molecule has 0 spiro atoms. The van der Waals surface area contributed by atoms with Crippen molar-refractivity contribution >= 4 is 11.7 Å². The molecule has 2 amide bonds. The quantitative estimate of drug-likeness (QED) is 0.748. The van der Waals surface area contributed by atoms with Gasteiger partial charge in [0.05, 0.1) is 5.69 Å². The van der Waals surface area contributed by atoms with Crippen LogP contribution in [0.3, 0.4) is 0 Å². The molecule has 6 nitrogen and oxygen atoms in total. The standard InChI is InChI=1S/C21H22FN5O/c22-18-5-1-2-6-19(18)25-21(28)27-12-3-4-17(15-27)20-24-11-13-26(20)14-16-7-9-23-10-8-16/h1-2,5-11,13,17H,3-4,12,14-15H2,(H,25,28). The Balaban J connectivity index is 1.45. The second-order valence-corrected chi connectivity index (χ2v) is 6.96. The first-order valence-corrected chi connectivity index (χ1v) is 9.41. The minimum absolute atomic E-state index is 0.150. The zero-order valence-electron chi connectivity index (χ0n) is 15.5. The first-order chi connectivity index (χ1) is 13.7. The van der Waals surface area contributed by atoms with Crippen LogP contribution in [0.2, 0.25) is 0 Å². The van der Waals surface area contributed by atoms with Crippen LogP contribution in [-0.4, -0.2) is 38.6 Å². The molecule has 0 bridgehead atoms. The Morgan fingerprint density at radius 2 is 2.00 bits per heavy atom. The van der Waals surface area contributed by atoms with Gasteiger partial charge in [-0.2, -0.15) is 0 Å². The summed E-state index contributed by atoms with van der Waals surface area (Å²) >= 11 is 0. The SMILES string of the molecule is O=C(Nc1ccccc1F)N1CCCC(c2nccn2Cc2ccncc2)C1. The number of carbonyl (C=O) groups excluding carboxylic acids is 1. The number of anilines is 1. The number of amides is 2. The summed E-state index contributed by atoms with van der Waals surface area (Å²) in [4.78, 5) is 23.0. The maximum absolute atomic E-state index is 13.8. The van der Waals surface area contributed by atoms with E-state index in [9.17, 15) is 9.18 Å². The lowest BCUT2D eigenvalue weighted by Gasteiger charge is -2.32. The van der Waals surface area contributed by atoms with E-state index >= 15 is 0 Å². The number of urea groups is 1. The predicted octanol–water partition coefficient (Wildman–Crippen LogP) is 3.88. The topological polar surface area (TPSA) is 63.1 Å². The number of benzene rings is 1. The van der Waals surface area contributed by atoms with Gasteiger partial charge in [-0.3, -0.25) is 4.98 Å². The van der Waals surface area contributed by atoms with Gasteiger partial charge in [-0.1, -0.05) is 12.1 Å². The molecule has 28 heavy (non-hydrogen) atoms. The minimum Gasteiger partial charge on any atom is -0.330 e. The number of halogens is 1. The molecule has 0 radical (unpaired) electrons. The number of aromatic nitrogens is 3. The maximum Gasteiger partial charge on any atom is 0.321 e. The van der Waals surface area contributed by atoms with Crippen LogP contribution in [0.4, 0.5) is 14.9 Å². The van der Waals surface area contributed by atoms with Crippen molar-refractivity contribution in [2.24, 2.45) is 0 Å². The largest absolute Gasteiger partial charge is 0.330 e. The molecule has 3 aromatic rings. The molecule has 4 rings (SSSR count). The molecule has 1 aliphatic heterocycles. The van der Waals surface area contributed by atoms with Crippen molar-refractivity contribution < 1.29 is 9.18 Å². The van der Waals surface area contributed by atoms with E-state index in [-0.39, 0.29) is 17.6 Å². The lowest BCUT2D eigenvalue weighted by Crippen LogP contribution is -2.42. The number of imidazole rings is 1. The molecule has 0 saturated carbocycles. The first kappa shape index (κ1) is 18.2. The Hall–Kier alpha value is -3.22. The summed E-state index contributed by atoms with van der Waals surface area (Å²) in [6.07, 6.45) is 9.18. The van der Waals surface area contributed by atoms with Gasteiger partial charge < -0.3 is 14.8 Å². The lowest BCUT2D eigenvalue weighted by molar-refractivity contribution is 0.190. The van der Waals surface area contributed by atoms with Gasteiger partial charge in [0.1, 0.15) is 11.6 Å². The van der Waals surface area contributed by atoms with Crippen LogP contribution in [0.25, 0.3) is 0 Å². The van der Waals surface area contributed by atoms with Crippen LogP contribution >= 0.6 is 0 Å². The second-order valence-electron chi connectivity index (χ2n) is 6.96. The predicted molar refractivity (Wildman–Crippen MR) is 105 cm³/mol. The fourth-order valence-electron chi connectivity index (χ4n) is 3.63. The number of nitrogens with one attached hydrogen (secondary N) is 1. The van der Waals surface area contributed by atoms with Crippen molar-refractivity contribution in [2.75, 3.05) is 18.4 Å². The van der Waals surface area contributed by atoms with Crippen LogP contribution in [0.5, 0.6) is 0 Å². The molecule has 1 N–H and O–H groups in total. The third-order valence-corrected chi connectivity index (χ3v) is 5.04. The summed E-state index contributed by atoms with van der Waals surface area (Å²) in [7, 11) is 0. The van der Waals surface area contributed by atoms with E-state index in [1.807, 2.05) is 18.3 Å². The van der Waals surface area contributed by atoms with Crippen LogP contribution in [0.15, 0.2) is 61.2 Å². The van der Waals surface area contributed by atoms with Crippen LogP contribution in [-0.2, 0) is 6.54 Å². The fourth-order valence-corrected chi connectivity index (χ4v) is 3.63. The second kappa shape index (κ2) is 8.21. The lowest BCUT2D eigenvalue weighted by atomic mass is 9.97. The molecule has 1 atom stereocenters. The molecule has 0 aliphatic carbocycles. The summed E-state index contributed by atoms with van der Waals surface area (Å²) in [5.74, 6) is 0.689. The van der Waals surface area contributed by atoms with Crippen LogP contribution in [0.1, 0.15) is 30.1 Å². The Morgan fingerprint density at radius 1 is 1.18 bits per heavy atom. The average Bonchev–Trinajstić information content (AvgIpc) is 3.19. The van der Waals surface area contributed by atoms with E-state index in [0.717, 1.165) is 30.8 Å². The number of pyridine rings is 1. The van der Waals surface area contributed by atoms with Crippen LogP contribution < -0.4 is 5.32 Å². The number of hydrogen-bond donors (Lipinski definition) is 1. The van der Waals surface area contributed by atoms with Crippen molar-refractivity contribution in [3.8, 4) is 0 Å². The van der Waals surface area contributed by atoms with Gasteiger partial charge in [0.25, 0.3) is 0 Å². The molecule has 3 heterocycles. The molecule has 1 fully saturated rings. The Bertz CT molecular complexity index is 943. The highest BCUT2D eigenvalue weighted by molar-refractivity contribution is 5.89. The van der Waals surface area contributed by atoms with Gasteiger partial charge in [-0.15, -0.1) is 0 Å². The Morgan fingerprint density at radius 3 is 2.82 bits per heavy atom.